The van der Waals surface area contributed by atoms with Crippen molar-refractivity contribution >= 4 is 37.3 Å². The third-order valence-corrected chi connectivity index (χ3v) is 6.65. The van der Waals surface area contributed by atoms with E-state index in [-0.39, 0.29) is 10.4 Å². The molecule has 0 spiro atoms. The summed E-state index contributed by atoms with van der Waals surface area (Å²) in [6.45, 7) is 1.82. The summed E-state index contributed by atoms with van der Waals surface area (Å²) in [5.41, 5.74) is 1.54. The van der Waals surface area contributed by atoms with Crippen LogP contribution in [0.4, 0.5) is 0 Å². The van der Waals surface area contributed by atoms with Crippen LogP contribution in [-0.2, 0) is 14.6 Å². The average molecular weight is 360 g/mol. The molecule has 7 heteroatoms. The van der Waals surface area contributed by atoms with Crippen LogP contribution in [0.2, 0.25) is 0 Å². The van der Waals surface area contributed by atoms with Gasteiger partial charge in [0.2, 0.25) is 20.1 Å². The summed E-state index contributed by atoms with van der Waals surface area (Å²) >= 11 is 1.08. The van der Waals surface area contributed by atoms with Crippen molar-refractivity contribution in [3.8, 4) is 0 Å². The Hall–Kier alpha value is -2.25. The fraction of sp³-hybridized carbons (Fsp3) is 0.176. The van der Waals surface area contributed by atoms with Gasteiger partial charge in [-0.25, -0.2) is 13.4 Å². The first-order valence-corrected chi connectivity index (χ1v) is 9.85. The SMILES string of the molecule is C[C@H](NC(=O)CS(=O)(=O)c1nc2ccccc2s1)c1ccccc1. The highest BCUT2D eigenvalue weighted by molar-refractivity contribution is 7.94. The van der Waals surface area contributed by atoms with E-state index in [0.717, 1.165) is 21.6 Å². The van der Waals surface area contributed by atoms with Gasteiger partial charge in [-0.05, 0) is 24.6 Å². The van der Waals surface area contributed by atoms with Crippen molar-refractivity contribution in [2.45, 2.75) is 17.3 Å². The second kappa shape index (κ2) is 6.70. The Morgan fingerprint density at radius 3 is 2.50 bits per heavy atom. The van der Waals surface area contributed by atoms with Gasteiger partial charge in [0.1, 0.15) is 5.75 Å². The van der Waals surface area contributed by atoms with Crippen molar-refractivity contribution in [1.82, 2.24) is 10.3 Å². The number of nitrogens with one attached hydrogen (secondary N) is 1. The lowest BCUT2D eigenvalue weighted by Crippen LogP contribution is -2.32. The van der Waals surface area contributed by atoms with E-state index in [9.17, 15) is 13.2 Å². The smallest absolute Gasteiger partial charge is 0.236 e. The monoisotopic (exact) mass is 360 g/mol. The van der Waals surface area contributed by atoms with Crippen LogP contribution in [0.25, 0.3) is 10.2 Å². The van der Waals surface area contributed by atoms with Gasteiger partial charge in [-0.3, -0.25) is 4.79 Å². The predicted octanol–water partition coefficient (Wildman–Crippen LogP) is 2.95. The van der Waals surface area contributed by atoms with Gasteiger partial charge in [0.25, 0.3) is 0 Å². The number of hydrogen-bond acceptors (Lipinski definition) is 5. The molecule has 0 unspecified atom stereocenters. The number of amides is 1. The zero-order valence-corrected chi connectivity index (χ0v) is 14.6. The van der Waals surface area contributed by atoms with Gasteiger partial charge in [-0.2, -0.15) is 0 Å². The van der Waals surface area contributed by atoms with Crippen LogP contribution in [0.15, 0.2) is 58.9 Å². The van der Waals surface area contributed by atoms with Crippen LogP contribution >= 0.6 is 11.3 Å². The number of thiazole rings is 1. The van der Waals surface area contributed by atoms with E-state index >= 15 is 0 Å². The number of carbonyl (C=O) groups is 1. The molecule has 1 atom stereocenters. The molecule has 0 fully saturated rings. The maximum Gasteiger partial charge on any atom is 0.236 e. The number of rotatable bonds is 5. The van der Waals surface area contributed by atoms with E-state index in [1.165, 1.54) is 0 Å². The highest BCUT2D eigenvalue weighted by atomic mass is 32.2. The maximum absolute atomic E-state index is 12.4. The molecule has 1 N–H and O–H groups in total. The van der Waals surface area contributed by atoms with E-state index in [1.807, 2.05) is 49.4 Å². The summed E-state index contributed by atoms with van der Waals surface area (Å²) in [5.74, 6) is -1.14. The summed E-state index contributed by atoms with van der Waals surface area (Å²) in [7, 11) is -3.75. The molecule has 0 radical (unpaired) electrons. The van der Waals surface area contributed by atoms with Crippen LogP contribution in [0.3, 0.4) is 0 Å². The van der Waals surface area contributed by atoms with Gasteiger partial charge in [0, 0.05) is 0 Å². The molecule has 1 amide bonds. The number of aromatic nitrogens is 1. The van der Waals surface area contributed by atoms with E-state index in [2.05, 4.69) is 10.3 Å². The zero-order valence-electron chi connectivity index (χ0n) is 13.0. The van der Waals surface area contributed by atoms with Crippen LogP contribution in [0.1, 0.15) is 18.5 Å². The Kier molecular flexibility index (Phi) is 4.64. The van der Waals surface area contributed by atoms with Gasteiger partial charge >= 0.3 is 0 Å². The number of benzene rings is 2. The Bertz CT molecular complexity index is 933. The minimum atomic E-state index is -3.75. The first kappa shape index (κ1) is 16.6. The molecule has 2 aromatic carbocycles. The Balaban J connectivity index is 1.73. The quantitative estimate of drug-likeness (QED) is 0.759. The minimum Gasteiger partial charge on any atom is -0.349 e. The summed E-state index contributed by atoms with van der Waals surface area (Å²) < 4.78 is 25.6. The molecule has 0 aliphatic carbocycles. The molecule has 24 heavy (non-hydrogen) atoms. The fourth-order valence-electron chi connectivity index (χ4n) is 2.33. The number of nitrogens with zero attached hydrogens (tertiary/aromatic N) is 1. The first-order valence-electron chi connectivity index (χ1n) is 7.38. The summed E-state index contributed by atoms with van der Waals surface area (Å²) in [6, 6.07) is 16.3. The van der Waals surface area contributed by atoms with Crippen molar-refractivity contribution in [3.05, 3.63) is 60.2 Å². The summed E-state index contributed by atoms with van der Waals surface area (Å²) in [4.78, 5) is 16.2. The lowest BCUT2D eigenvalue weighted by atomic mass is 10.1. The van der Waals surface area contributed by atoms with Crippen molar-refractivity contribution in [3.63, 3.8) is 0 Å². The lowest BCUT2D eigenvalue weighted by molar-refractivity contribution is -0.119. The van der Waals surface area contributed by atoms with E-state index in [4.69, 9.17) is 0 Å². The lowest BCUT2D eigenvalue weighted by Gasteiger charge is -2.13. The fourth-order valence-corrected chi connectivity index (χ4v) is 4.77. The number of hydrogen-bond donors (Lipinski definition) is 1. The van der Waals surface area contributed by atoms with Gasteiger partial charge < -0.3 is 5.32 Å². The molecule has 1 aromatic heterocycles. The highest BCUT2D eigenvalue weighted by Gasteiger charge is 2.24. The summed E-state index contributed by atoms with van der Waals surface area (Å²) in [5, 5.41) is 2.71. The maximum atomic E-state index is 12.4. The van der Waals surface area contributed by atoms with E-state index in [1.54, 1.807) is 12.1 Å². The Morgan fingerprint density at radius 1 is 1.12 bits per heavy atom. The summed E-state index contributed by atoms with van der Waals surface area (Å²) in [6.07, 6.45) is 0. The van der Waals surface area contributed by atoms with Gasteiger partial charge in [-0.1, -0.05) is 42.5 Å². The number of sulfone groups is 1. The van der Waals surface area contributed by atoms with Gasteiger partial charge in [-0.15, -0.1) is 11.3 Å². The molecule has 3 aromatic rings. The molecular formula is C17H16N2O3S2. The van der Waals surface area contributed by atoms with Gasteiger partial charge in [0.15, 0.2) is 0 Å². The molecule has 5 nitrogen and oxygen atoms in total. The van der Waals surface area contributed by atoms with E-state index in [0.29, 0.717) is 5.52 Å². The number of fused-ring (bicyclic) bond motifs is 1. The van der Waals surface area contributed by atoms with Gasteiger partial charge in [0.05, 0.1) is 16.3 Å². The van der Waals surface area contributed by atoms with Crippen LogP contribution in [0, 0.1) is 0 Å². The van der Waals surface area contributed by atoms with Crippen LogP contribution in [-0.4, -0.2) is 25.1 Å². The number of carbonyl (C=O) groups excluding carboxylic acids is 1. The molecular weight excluding hydrogens is 344 g/mol. The van der Waals surface area contributed by atoms with Crippen molar-refractivity contribution in [2.75, 3.05) is 5.75 Å². The molecule has 0 saturated carbocycles. The third kappa shape index (κ3) is 3.63. The van der Waals surface area contributed by atoms with Crippen LogP contribution in [0.5, 0.6) is 0 Å². The Morgan fingerprint density at radius 2 is 1.79 bits per heavy atom. The molecule has 0 bridgehead atoms. The molecule has 1 heterocycles. The third-order valence-electron chi connectivity index (χ3n) is 3.54. The average Bonchev–Trinajstić information content (AvgIpc) is 3.00. The number of para-hydroxylation sites is 1. The molecule has 0 aliphatic heterocycles. The van der Waals surface area contributed by atoms with Crippen molar-refractivity contribution in [1.29, 1.82) is 0 Å². The van der Waals surface area contributed by atoms with Crippen LogP contribution < -0.4 is 5.32 Å². The molecule has 0 aliphatic rings. The normalized spacial score (nSPS) is 12.9. The predicted molar refractivity (Wildman–Crippen MR) is 94.7 cm³/mol. The largest absolute Gasteiger partial charge is 0.349 e. The van der Waals surface area contributed by atoms with E-state index < -0.39 is 21.5 Å². The highest BCUT2D eigenvalue weighted by Crippen LogP contribution is 2.25. The molecule has 124 valence electrons. The second-order valence-electron chi connectivity index (χ2n) is 5.41. The minimum absolute atomic E-state index is 0.0220. The molecule has 3 rings (SSSR count). The molecule has 0 saturated heterocycles. The Labute approximate surface area is 144 Å². The second-order valence-corrected chi connectivity index (χ2v) is 8.60. The topological polar surface area (TPSA) is 76.1 Å². The van der Waals surface area contributed by atoms with Crippen molar-refractivity contribution in [2.24, 2.45) is 0 Å². The van der Waals surface area contributed by atoms with Crippen molar-refractivity contribution < 1.29 is 13.2 Å². The zero-order chi connectivity index (χ0) is 17.2. The standard InChI is InChI=1S/C17H16N2O3S2/c1-12(13-7-3-2-4-8-13)18-16(20)11-24(21,22)17-19-14-9-5-6-10-15(14)23-17/h2-10,12H,11H2,1H3,(H,18,20)/t12-/m0/s1. The first-order chi connectivity index (χ1) is 11.5.